The summed E-state index contributed by atoms with van der Waals surface area (Å²) < 4.78 is 1.17. The summed E-state index contributed by atoms with van der Waals surface area (Å²) in [5.74, 6) is 0.287. The van der Waals surface area contributed by atoms with Gasteiger partial charge in [-0.05, 0) is 43.4 Å². The Morgan fingerprint density at radius 2 is 1.83 bits per heavy atom. The third-order valence-corrected chi connectivity index (χ3v) is 7.51. The highest BCUT2D eigenvalue weighted by atomic mass is 32.1. The van der Waals surface area contributed by atoms with E-state index in [1.807, 2.05) is 17.0 Å². The van der Waals surface area contributed by atoms with Crippen LogP contribution in [0, 0.1) is 0 Å². The number of piperazine rings is 1. The molecule has 1 aromatic heterocycles. The molecule has 2 aliphatic rings. The van der Waals surface area contributed by atoms with Gasteiger partial charge < -0.3 is 9.80 Å². The van der Waals surface area contributed by atoms with Crippen LogP contribution in [0.2, 0.25) is 0 Å². The molecule has 0 saturated carbocycles. The standard InChI is InChI=1S/C23H32N4O2S/c1-16(2)26-9-11-27(12-10-26)22(28)15-25-8-7-19-18-6-5-17(23(29)24(3)4)13-20(18)30-21(19)14-25/h5-6,13,16H,7-12,14-15H2,1-4H3. The summed E-state index contributed by atoms with van der Waals surface area (Å²) in [6.45, 7) is 10.3. The van der Waals surface area contributed by atoms with Crippen LogP contribution < -0.4 is 0 Å². The first-order chi connectivity index (χ1) is 14.3. The second-order valence-electron chi connectivity index (χ2n) is 8.89. The highest BCUT2D eigenvalue weighted by Crippen LogP contribution is 2.36. The van der Waals surface area contributed by atoms with Crippen LogP contribution in [0.1, 0.15) is 34.6 Å². The molecule has 1 aromatic carbocycles. The highest BCUT2D eigenvalue weighted by molar-refractivity contribution is 7.19. The molecule has 0 bridgehead atoms. The third kappa shape index (κ3) is 4.24. The largest absolute Gasteiger partial charge is 0.345 e. The van der Waals surface area contributed by atoms with Crippen molar-refractivity contribution in [1.82, 2.24) is 19.6 Å². The number of benzene rings is 1. The van der Waals surface area contributed by atoms with E-state index in [-0.39, 0.29) is 11.8 Å². The average molecular weight is 429 g/mol. The van der Waals surface area contributed by atoms with Crippen molar-refractivity contribution in [2.45, 2.75) is 32.9 Å². The van der Waals surface area contributed by atoms with E-state index in [1.54, 1.807) is 30.3 Å². The van der Waals surface area contributed by atoms with Crippen molar-refractivity contribution in [2.75, 3.05) is 53.4 Å². The summed E-state index contributed by atoms with van der Waals surface area (Å²) in [7, 11) is 3.56. The van der Waals surface area contributed by atoms with Gasteiger partial charge in [-0.3, -0.25) is 19.4 Å². The molecule has 3 heterocycles. The summed E-state index contributed by atoms with van der Waals surface area (Å²) in [4.78, 5) is 34.8. The number of amides is 2. The molecule has 1 saturated heterocycles. The van der Waals surface area contributed by atoms with Gasteiger partial charge in [0.15, 0.2) is 0 Å². The quantitative estimate of drug-likeness (QED) is 0.751. The van der Waals surface area contributed by atoms with E-state index in [0.29, 0.717) is 12.6 Å². The molecule has 1 fully saturated rings. The van der Waals surface area contributed by atoms with Crippen molar-refractivity contribution in [3.05, 3.63) is 34.2 Å². The number of rotatable bonds is 4. The SMILES string of the molecule is CC(C)N1CCN(C(=O)CN2CCc3c(sc4cc(C(=O)N(C)C)ccc34)C2)CC1. The fourth-order valence-electron chi connectivity index (χ4n) is 4.46. The summed E-state index contributed by atoms with van der Waals surface area (Å²) >= 11 is 1.77. The molecule has 0 N–H and O–H groups in total. The van der Waals surface area contributed by atoms with Crippen LogP contribution >= 0.6 is 11.3 Å². The summed E-state index contributed by atoms with van der Waals surface area (Å²) in [6.07, 6.45) is 0.963. The lowest BCUT2D eigenvalue weighted by molar-refractivity contribution is -0.134. The zero-order valence-corrected chi connectivity index (χ0v) is 19.3. The summed E-state index contributed by atoms with van der Waals surface area (Å²) in [6, 6.07) is 6.59. The van der Waals surface area contributed by atoms with Crippen LogP contribution in [-0.4, -0.2) is 90.8 Å². The predicted octanol–water partition coefficient (Wildman–Crippen LogP) is 2.51. The van der Waals surface area contributed by atoms with E-state index < -0.39 is 0 Å². The maximum atomic E-state index is 12.8. The smallest absolute Gasteiger partial charge is 0.253 e. The number of fused-ring (bicyclic) bond motifs is 3. The molecule has 4 rings (SSSR count). The van der Waals surface area contributed by atoms with E-state index in [4.69, 9.17) is 0 Å². The molecule has 2 aliphatic heterocycles. The normalized spacial score (nSPS) is 18.1. The van der Waals surface area contributed by atoms with Gasteiger partial charge in [-0.2, -0.15) is 0 Å². The molecule has 0 atom stereocenters. The maximum absolute atomic E-state index is 12.8. The van der Waals surface area contributed by atoms with E-state index >= 15 is 0 Å². The topological polar surface area (TPSA) is 47.1 Å². The zero-order chi connectivity index (χ0) is 21.4. The van der Waals surface area contributed by atoms with Crippen LogP contribution in [0.4, 0.5) is 0 Å². The number of hydrogen-bond acceptors (Lipinski definition) is 5. The lowest BCUT2D eigenvalue weighted by Gasteiger charge is -2.38. The highest BCUT2D eigenvalue weighted by Gasteiger charge is 2.27. The van der Waals surface area contributed by atoms with E-state index in [1.165, 1.54) is 20.5 Å². The lowest BCUT2D eigenvalue weighted by Crippen LogP contribution is -2.53. The van der Waals surface area contributed by atoms with Gasteiger partial charge >= 0.3 is 0 Å². The molecule has 0 radical (unpaired) electrons. The fraction of sp³-hybridized carbons (Fsp3) is 0.565. The first-order valence-corrected chi connectivity index (χ1v) is 11.6. The predicted molar refractivity (Wildman–Crippen MR) is 122 cm³/mol. The molecule has 2 aromatic rings. The number of hydrogen-bond donors (Lipinski definition) is 0. The van der Waals surface area contributed by atoms with Gasteiger partial charge in [0.1, 0.15) is 0 Å². The number of thiophene rings is 1. The molecular weight excluding hydrogens is 396 g/mol. The van der Waals surface area contributed by atoms with Gasteiger partial charge in [-0.15, -0.1) is 11.3 Å². The first kappa shape index (κ1) is 21.3. The Morgan fingerprint density at radius 3 is 2.50 bits per heavy atom. The maximum Gasteiger partial charge on any atom is 0.253 e. The monoisotopic (exact) mass is 428 g/mol. The van der Waals surface area contributed by atoms with Crippen molar-refractivity contribution in [2.24, 2.45) is 0 Å². The van der Waals surface area contributed by atoms with Crippen molar-refractivity contribution in [3.63, 3.8) is 0 Å². The Morgan fingerprint density at radius 1 is 1.10 bits per heavy atom. The van der Waals surface area contributed by atoms with E-state index in [2.05, 4.69) is 29.7 Å². The Kier molecular flexibility index (Phi) is 6.14. The van der Waals surface area contributed by atoms with Crippen LogP contribution in [0.5, 0.6) is 0 Å². The average Bonchev–Trinajstić information content (AvgIpc) is 3.09. The second-order valence-corrected chi connectivity index (χ2v) is 10.0. The molecule has 30 heavy (non-hydrogen) atoms. The zero-order valence-electron chi connectivity index (χ0n) is 18.5. The molecule has 7 heteroatoms. The van der Waals surface area contributed by atoms with Crippen LogP contribution in [0.3, 0.4) is 0 Å². The Hall–Kier alpha value is -1.96. The van der Waals surface area contributed by atoms with Gasteiger partial charge in [0.05, 0.1) is 6.54 Å². The van der Waals surface area contributed by atoms with E-state index in [0.717, 1.165) is 51.3 Å². The van der Waals surface area contributed by atoms with Crippen LogP contribution in [0.15, 0.2) is 18.2 Å². The lowest BCUT2D eigenvalue weighted by atomic mass is 10.0. The minimum absolute atomic E-state index is 0.0352. The Bertz CT molecular complexity index is 944. The fourth-order valence-corrected chi connectivity index (χ4v) is 5.79. The minimum atomic E-state index is 0.0352. The second kappa shape index (κ2) is 8.65. The van der Waals surface area contributed by atoms with Gasteiger partial charge in [0.25, 0.3) is 5.91 Å². The molecule has 6 nitrogen and oxygen atoms in total. The Labute approximate surface area is 183 Å². The van der Waals surface area contributed by atoms with Crippen molar-refractivity contribution < 1.29 is 9.59 Å². The van der Waals surface area contributed by atoms with Gasteiger partial charge in [-0.25, -0.2) is 0 Å². The van der Waals surface area contributed by atoms with Crippen molar-refractivity contribution in [3.8, 4) is 0 Å². The van der Waals surface area contributed by atoms with Crippen molar-refractivity contribution in [1.29, 1.82) is 0 Å². The summed E-state index contributed by atoms with van der Waals surface area (Å²) in [5, 5.41) is 1.26. The summed E-state index contributed by atoms with van der Waals surface area (Å²) in [5.41, 5.74) is 2.13. The number of carbonyl (C=O) groups excluding carboxylic acids is 2. The molecule has 0 spiro atoms. The third-order valence-electron chi connectivity index (χ3n) is 6.33. The van der Waals surface area contributed by atoms with Gasteiger partial charge in [-0.1, -0.05) is 6.07 Å². The molecule has 0 unspecified atom stereocenters. The minimum Gasteiger partial charge on any atom is -0.345 e. The first-order valence-electron chi connectivity index (χ1n) is 10.8. The van der Waals surface area contributed by atoms with E-state index in [9.17, 15) is 9.59 Å². The van der Waals surface area contributed by atoms with Crippen LogP contribution in [-0.2, 0) is 17.8 Å². The molecular formula is C23H32N4O2S. The molecule has 2 amide bonds. The molecule has 0 aliphatic carbocycles. The van der Waals surface area contributed by atoms with Gasteiger partial charge in [0.2, 0.25) is 5.91 Å². The Balaban J connectivity index is 1.41. The van der Waals surface area contributed by atoms with Crippen LogP contribution in [0.25, 0.3) is 10.1 Å². The van der Waals surface area contributed by atoms with Gasteiger partial charge in [0, 0.05) is 74.5 Å². The van der Waals surface area contributed by atoms with Crippen molar-refractivity contribution >= 4 is 33.2 Å². The molecule has 162 valence electrons. The number of nitrogens with zero attached hydrogens (tertiary/aromatic N) is 4. The number of carbonyl (C=O) groups is 2.